The number of hydrogen-bond donors (Lipinski definition) is 1. The van der Waals surface area contributed by atoms with Crippen molar-refractivity contribution < 1.29 is 8.85 Å². The minimum atomic E-state index is -0.979. The number of hydrogen-bond acceptors (Lipinski definition) is 3. The van der Waals surface area contributed by atoms with E-state index in [-0.39, 0.29) is 0 Å². The summed E-state index contributed by atoms with van der Waals surface area (Å²) in [5.41, 5.74) is 0. The maximum Gasteiger partial charge on any atom is 0.384 e. The lowest BCUT2D eigenvalue weighted by molar-refractivity contribution is 0.212. The standard InChI is InChI=1S/C11H26NO2Si/c1-4-7-9-12-10-8-11-15(13-5-2)14-6-3/h12H,4-11H2,1-3H3. The molecule has 0 atom stereocenters. The van der Waals surface area contributed by atoms with Crippen molar-refractivity contribution in [1.82, 2.24) is 5.32 Å². The molecule has 91 valence electrons. The van der Waals surface area contributed by atoms with Crippen LogP contribution in [0.25, 0.3) is 0 Å². The van der Waals surface area contributed by atoms with Crippen LogP contribution in [0.1, 0.15) is 40.0 Å². The highest BCUT2D eigenvalue weighted by atomic mass is 28.3. The molecule has 4 heteroatoms. The van der Waals surface area contributed by atoms with E-state index in [1.54, 1.807) is 0 Å². The highest BCUT2D eigenvalue weighted by Crippen LogP contribution is 2.00. The average molecular weight is 232 g/mol. The zero-order valence-electron chi connectivity index (χ0n) is 10.5. The van der Waals surface area contributed by atoms with Gasteiger partial charge in [-0.2, -0.15) is 0 Å². The molecule has 0 aliphatic heterocycles. The van der Waals surface area contributed by atoms with Crippen LogP contribution in [0.3, 0.4) is 0 Å². The molecular formula is C11H26NO2Si. The van der Waals surface area contributed by atoms with Gasteiger partial charge < -0.3 is 14.2 Å². The van der Waals surface area contributed by atoms with Crippen LogP contribution in [-0.2, 0) is 8.85 Å². The fourth-order valence-corrected chi connectivity index (χ4v) is 2.77. The van der Waals surface area contributed by atoms with Gasteiger partial charge in [-0.05, 0) is 45.8 Å². The molecule has 0 aliphatic rings. The Kier molecular flexibility index (Phi) is 12.2. The van der Waals surface area contributed by atoms with Crippen LogP contribution >= 0.6 is 0 Å². The third kappa shape index (κ3) is 10.4. The molecule has 0 amide bonds. The average Bonchev–Trinajstić information content (AvgIpc) is 2.24. The third-order valence-corrected chi connectivity index (χ3v) is 4.04. The molecule has 0 bridgehead atoms. The molecule has 0 saturated carbocycles. The SMILES string of the molecule is CCCCNCCC[Si](OCC)OCC. The first-order valence-electron chi connectivity index (χ1n) is 6.17. The fourth-order valence-electron chi connectivity index (χ4n) is 1.29. The number of unbranched alkanes of at least 4 members (excludes halogenated alkanes) is 1. The maximum absolute atomic E-state index is 5.56. The van der Waals surface area contributed by atoms with E-state index in [2.05, 4.69) is 12.2 Å². The van der Waals surface area contributed by atoms with Crippen LogP contribution < -0.4 is 5.32 Å². The van der Waals surface area contributed by atoms with E-state index >= 15 is 0 Å². The van der Waals surface area contributed by atoms with Crippen LogP contribution in [0.2, 0.25) is 6.04 Å². The molecule has 3 nitrogen and oxygen atoms in total. The topological polar surface area (TPSA) is 30.5 Å². The van der Waals surface area contributed by atoms with Gasteiger partial charge >= 0.3 is 9.28 Å². The lowest BCUT2D eigenvalue weighted by Gasteiger charge is -2.12. The predicted octanol–water partition coefficient (Wildman–Crippen LogP) is 2.33. The Morgan fingerprint density at radius 3 is 2.07 bits per heavy atom. The van der Waals surface area contributed by atoms with E-state index in [0.29, 0.717) is 0 Å². The van der Waals surface area contributed by atoms with Crippen LogP contribution in [0.5, 0.6) is 0 Å². The van der Waals surface area contributed by atoms with E-state index in [0.717, 1.165) is 38.8 Å². The Bertz CT molecular complexity index is 119. The van der Waals surface area contributed by atoms with Gasteiger partial charge in [0.25, 0.3) is 0 Å². The Labute approximate surface area is 96.4 Å². The largest absolute Gasteiger partial charge is 0.394 e. The van der Waals surface area contributed by atoms with Crippen molar-refractivity contribution in [2.45, 2.75) is 46.1 Å². The molecule has 0 heterocycles. The Balaban J connectivity index is 3.28. The summed E-state index contributed by atoms with van der Waals surface area (Å²) in [6.45, 7) is 10.1. The van der Waals surface area contributed by atoms with Gasteiger partial charge in [0.2, 0.25) is 0 Å². The van der Waals surface area contributed by atoms with Crippen LogP contribution in [0.15, 0.2) is 0 Å². The molecule has 0 fully saturated rings. The lowest BCUT2D eigenvalue weighted by atomic mass is 10.3. The van der Waals surface area contributed by atoms with Gasteiger partial charge in [0.1, 0.15) is 0 Å². The first kappa shape index (κ1) is 15.1. The number of nitrogens with one attached hydrogen (secondary N) is 1. The molecule has 0 aliphatic carbocycles. The van der Waals surface area contributed by atoms with Crippen LogP contribution in [-0.4, -0.2) is 35.6 Å². The summed E-state index contributed by atoms with van der Waals surface area (Å²) in [4.78, 5) is 0. The highest BCUT2D eigenvalue weighted by molar-refractivity contribution is 6.44. The summed E-state index contributed by atoms with van der Waals surface area (Å²) in [6.07, 6.45) is 3.70. The fraction of sp³-hybridized carbons (Fsp3) is 1.00. The van der Waals surface area contributed by atoms with E-state index in [4.69, 9.17) is 8.85 Å². The first-order valence-corrected chi connectivity index (χ1v) is 7.69. The van der Waals surface area contributed by atoms with Crippen molar-refractivity contribution in [2.24, 2.45) is 0 Å². The molecule has 0 spiro atoms. The van der Waals surface area contributed by atoms with Gasteiger partial charge in [-0.15, -0.1) is 0 Å². The summed E-state index contributed by atoms with van der Waals surface area (Å²) in [7, 11) is -0.979. The summed E-state index contributed by atoms with van der Waals surface area (Å²) in [6, 6.07) is 1.09. The summed E-state index contributed by atoms with van der Waals surface area (Å²) < 4.78 is 11.1. The summed E-state index contributed by atoms with van der Waals surface area (Å²) in [5, 5.41) is 3.43. The molecule has 1 radical (unpaired) electrons. The Morgan fingerprint density at radius 1 is 0.933 bits per heavy atom. The zero-order valence-corrected chi connectivity index (χ0v) is 11.5. The zero-order chi connectivity index (χ0) is 11.4. The van der Waals surface area contributed by atoms with Gasteiger partial charge in [0.05, 0.1) is 0 Å². The molecule has 0 saturated heterocycles. The highest BCUT2D eigenvalue weighted by Gasteiger charge is 2.13. The van der Waals surface area contributed by atoms with Gasteiger partial charge in [-0.1, -0.05) is 13.3 Å². The van der Waals surface area contributed by atoms with Crippen LogP contribution in [0, 0.1) is 0 Å². The smallest absolute Gasteiger partial charge is 0.384 e. The molecule has 0 rings (SSSR count). The predicted molar refractivity (Wildman–Crippen MR) is 66.2 cm³/mol. The minimum absolute atomic E-state index is 0.775. The summed E-state index contributed by atoms with van der Waals surface area (Å²) >= 11 is 0. The van der Waals surface area contributed by atoms with Crippen molar-refractivity contribution in [3.63, 3.8) is 0 Å². The molecule has 0 aromatic heterocycles. The van der Waals surface area contributed by atoms with Crippen molar-refractivity contribution in [1.29, 1.82) is 0 Å². The molecule has 0 aromatic rings. The second kappa shape index (κ2) is 12.2. The molecule has 1 N–H and O–H groups in total. The van der Waals surface area contributed by atoms with Crippen molar-refractivity contribution in [3.8, 4) is 0 Å². The van der Waals surface area contributed by atoms with E-state index in [1.807, 2.05) is 13.8 Å². The summed E-state index contributed by atoms with van der Waals surface area (Å²) in [5.74, 6) is 0. The second-order valence-corrected chi connectivity index (χ2v) is 5.27. The molecule has 15 heavy (non-hydrogen) atoms. The van der Waals surface area contributed by atoms with E-state index in [9.17, 15) is 0 Å². The van der Waals surface area contributed by atoms with E-state index in [1.165, 1.54) is 12.8 Å². The van der Waals surface area contributed by atoms with E-state index < -0.39 is 9.28 Å². The third-order valence-electron chi connectivity index (χ3n) is 2.05. The normalized spacial score (nSPS) is 11.2. The number of rotatable bonds is 11. The molecule has 0 aromatic carbocycles. The van der Waals surface area contributed by atoms with Gasteiger partial charge in [0, 0.05) is 13.2 Å². The van der Waals surface area contributed by atoms with Gasteiger partial charge in [-0.25, -0.2) is 0 Å². The van der Waals surface area contributed by atoms with Crippen LogP contribution in [0.4, 0.5) is 0 Å². The first-order chi connectivity index (χ1) is 7.35. The second-order valence-electron chi connectivity index (χ2n) is 3.45. The monoisotopic (exact) mass is 232 g/mol. The van der Waals surface area contributed by atoms with Gasteiger partial charge in [0.15, 0.2) is 0 Å². The minimum Gasteiger partial charge on any atom is -0.394 e. The van der Waals surface area contributed by atoms with Gasteiger partial charge in [-0.3, -0.25) is 0 Å². The molecular weight excluding hydrogens is 206 g/mol. The Morgan fingerprint density at radius 2 is 1.53 bits per heavy atom. The van der Waals surface area contributed by atoms with Crippen molar-refractivity contribution >= 4 is 9.28 Å². The Hall–Kier alpha value is 0.0969. The lowest BCUT2D eigenvalue weighted by Crippen LogP contribution is -2.25. The van der Waals surface area contributed by atoms with Crippen molar-refractivity contribution in [2.75, 3.05) is 26.3 Å². The quantitative estimate of drug-likeness (QED) is 0.438. The van der Waals surface area contributed by atoms with Crippen molar-refractivity contribution in [3.05, 3.63) is 0 Å². The molecule has 0 unspecified atom stereocenters. The maximum atomic E-state index is 5.56.